The van der Waals surface area contributed by atoms with E-state index in [1.54, 1.807) is 0 Å². The molecule has 0 N–H and O–H groups in total. The molecule has 1 aliphatic heterocycles. The number of hydrogen-bond donors (Lipinski definition) is 0. The molecule has 2 atom stereocenters. The number of nitriles is 1. The Bertz CT molecular complexity index is 359. The van der Waals surface area contributed by atoms with Crippen LogP contribution in [0.3, 0.4) is 0 Å². The van der Waals surface area contributed by atoms with Crippen LogP contribution in [0.25, 0.3) is 0 Å². The van der Waals surface area contributed by atoms with Crippen molar-refractivity contribution in [2.24, 2.45) is 5.92 Å². The van der Waals surface area contributed by atoms with E-state index in [0.717, 1.165) is 25.0 Å². The molecular formula is C13H15NO. The zero-order valence-corrected chi connectivity index (χ0v) is 8.94. The Labute approximate surface area is 90.5 Å². The first kappa shape index (κ1) is 10.2. The average molecular weight is 201 g/mol. The molecule has 0 aliphatic carbocycles. The van der Waals surface area contributed by atoms with Gasteiger partial charge in [0, 0.05) is 0 Å². The fourth-order valence-electron chi connectivity index (χ4n) is 1.71. The fourth-order valence-corrected chi connectivity index (χ4v) is 1.71. The third-order valence-electron chi connectivity index (χ3n) is 2.97. The molecule has 0 radical (unpaired) electrons. The fraction of sp³-hybridized carbons (Fsp3) is 0.462. The molecule has 2 nitrogen and oxygen atoms in total. The van der Waals surface area contributed by atoms with Crippen molar-refractivity contribution < 1.29 is 4.74 Å². The van der Waals surface area contributed by atoms with E-state index in [1.807, 2.05) is 24.3 Å². The third kappa shape index (κ3) is 2.81. The molecule has 0 bridgehead atoms. The molecule has 2 heteroatoms. The summed E-state index contributed by atoms with van der Waals surface area (Å²) in [6.45, 7) is 3.18. The van der Waals surface area contributed by atoms with Gasteiger partial charge in [-0.15, -0.1) is 0 Å². The van der Waals surface area contributed by atoms with Crippen LogP contribution in [0.2, 0.25) is 0 Å². The van der Waals surface area contributed by atoms with Crippen LogP contribution in [-0.4, -0.2) is 12.7 Å². The van der Waals surface area contributed by atoms with Crippen molar-refractivity contribution in [1.29, 1.82) is 5.26 Å². The summed E-state index contributed by atoms with van der Waals surface area (Å²) >= 11 is 0. The Kier molecular flexibility index (Phi) is 3.03. The van der Waals surface area contributed by atoms with Gasteiger partial charge in [-0.2, -0.15) is 5.26 Å². The van der Waals surface area contributed by atoms with Crippen LogP contribution >= 0.6 is 0 Å². The van der Waals surface area contributed by atoms with Gasteiger partial charge in [-0.05, 0) is 36.5 Å². The maximum Gasteiger partial charge on any atom is 0.0991 e. The molecule has 78 valence electrons. The maximum atomic E-state index is 8.66. The largest absolute Gasteiger partial charge is 0.373 e. The van der Waals surface area contributed by atoms with Crippen LogP contribution in [0.15, 0.2) is 24.3 Å². The average Bonchev–Trinajstić information content (AvgIpc) is 3.10. The molecular weight excluding hydrogens is 186 g/mol. The van der Waals surface area contributed by atoms with Gasteiger partial charge in [-0.3, -0.25) is 0 Å². The molecule has 0 amide bonds. The highest BCUT2D eigenvalue weighted by molar-refractivity contribution is 5.31. The summed E-state index contributed by atoms with van der Waals surface area (Å²) in [4.78, 5) is 0. The quantitative estimate of drug-likeness (QED) is 0.702. The summed E-state index contributed by atoms with van der Waals surface area (Å²) in [7, 11) is 0. The topological polar surface area (TPSA) is 36.3 Å². The summed E-state index contributed by atoms with van der Waals surface area (Å²) in [5.74, 6) is 0.653. The Morgan fingerprint density at radius 3 is 2.67 bits per heavy atom. The summed E-state index contributed by atoms with van der Waals surface area (Å²) < 4.78 is 5.25. The molecule has 15 heavy (non-hydrogen) atoms. The van der Waals surface area contributed by atoms with Crippen LogP contribution in [-0.2, 0) is 11.2 Å². The van der Waals surface area contributed by atoms with E-state index >= 15 is 0 Å². The number of hydrogen-bond acceptors (Lipinski definition) is 2. The van der Waals surface area contributed by atoms with Crippen molar-refractivity contribution in [3.05, 3.63) is 35.4 Å². The lowest BCUT2D eigenvalue weighted by atomic mass is 9.98. The summed E-state index contributed by atoms with van der Waals surface area (Å²) in [5.41, 5.74) is 2.04. The Balaban J connectivity index is 1.85. The minimum atomic E-state index is 0.503. The van der Waals surface area contributed by atoms with Gasteiger partial charge in [-0.1, -0.05) is 19.1 Å². The first-order valence-electron chi connectivity index (χ1n) is 5.40. The van der Waals surface area contributed by atoms with E-state index in [2.05, 4.69) is 13.0 Å². The molecule has 1 fully saturated rings. The van der Waals surface area contributed by atoms with Crippen molar-refractivity contribution in [3.63, 3.8) is 0 Å². The highest BCUT2D eigenvalue weighted by Gasteiger charge is 2.28. The normalized spacial score (nSPS) is 20.7. The lowest BCUT2D eigenvalue weighted by molar-refractivity contribution is 0.331. The van der Waals surface area contributed by atoms with Crippen LogP contribution in [0.5, 0.6) is 0 Å². The predicted molar refractivity (Wildman–Crippen MR) is 58.4 cm³/mol. The molecule has 0 saturated carbocycles. The van der Waals surface area contributed by atoms with Crippen LogP contribution in [0.1, 0.15) is 24.5 Å². The summed E-state index contributed by atoms with van der Waals surface area (Å²) in [5, 5.41) is 8.66. The minimum Gasteiger partial charge on any atom is -0.373 e. The SMILES string of the molecule is CC(CCc1ccc(C#N)cc1)C1CO1. The van der Waals surface area contributed by atoms with Gasteiger partial charge in [0.2, 0.25) is 0 Å². The van der Waals surface area contributed by atoms with E-state index in [1.165, 1.54) is 5.56 Å². The van der Waals surface area contributed by atoms with Gasteiger partial charge >= 0.3 is 0 Å². The Morgan fingerprint density at radius 1 is 1.47 bits per heavy atom. The van der Waals surface area contributed by atoms with Crippen molar-refractivity contribution in [2.45, 2.75) is 25.9 Å². The molecule has 2 unspecified atom stereocenters. The first-order valence-corrected chi connectivity index (χ1v) is 5.40. The van der Waals surface area contributed by atoms with Crippen molar-refractivity contribution in [3.8, 4) is 6.07 Å². The number of nitrogens with zero attached hydrogens (tertiary/aromatic N) is 1. The van der Waals surface area contributed by atoms with Crippen LogP contribution < -0.4 is 0 Å². The zero-order valence-electron chi connectivity index (χ0n) is 8.94. The van der Waals surface area contributed by atoms with Crippen LogP contribution in [0.4, 0.5) is 0 Å². The van der Waals surface area contributed by atoms with E-state index < -0.39 is 0 Å². The second-order valence-corrected chi connectivity index (χ2v) is 4.20. The lowest BCUT2D eigenvalue weighted by Crippen LogP contribution is -2.04. The molecule has 1 heterocycles. The Morgan fingerprint density at radius 2 is 2.13 bits per heavy atom. The molecule has 1 aromatic rings. The second-order valence-electron chi connectivity index (χ2n) is 4.20. The van der Waals surface area contributed by atoms with Crippen LogP contribution in [0, 0.1) is 17.2 Å². The Hall–Kier alpha value is -1.33. The van der Waals surface area contributed by atoms with Gasteiger partial charge in [-0.25, -0.2) is 0 Å². The lowest BCUT2D eigenvalue weighted by Gasteiger charge is -2.07. The zero-order chi connectivity index (χ0) is 10.7. The maximum absolute atomic E-state index is 8.66. The number of aryl methyl sites for hydroxylation is 1. The third-order valence-corrected chi connectivity index (χ3v) is 2.97. The molecule has 1 saturated heterocycles. The summed E-state index contributed by atoms with van der Waals surface area (Å²) in [6, 6.07) is 9.97. The second kappa shape index (κ2) is 4.46. The van der Waals surface area contributed by atoms with E-state index in [0.29, 0.717) is 12.0 Å². The van der Waals surface area contributed by atoms with Crippen molar-refractivity contribution in [1.82, 2.24) is 0 Å². The number of benzene rings is 1. The van der Waals surface area contributed by atoms with Gasteiger partial charge in [0.15, 0.2) is 0 Å². The van der Waals surface area contributed by atoms with E-state index in [4.69, 9.17) is 10.00 Å². The van der Waals surface area contributed by atoms with Crippen molar-refractivity contribution in [2.75, 3.05) is 6.61 Å². The van der Waals surface area contributed by atoms with Crippen molar-refractivity contribution >= 4 is 0 Å². The van der Waals surface area contributed by atoms with Gasteiger partial charge < -0.3 is 4.74 Å². The summed E-state index contributed by atoms with van der Waals surface area (Å²) in [6.07, 6.45) is 2.74. The molecule has 1 aliphatic rings. The molecule has 0 aromatic heterocycles. The monoisotopic (exact) mass is 201 g/mol. The highest BCUT2D eigenvalue weighted by Crippen LogP contribution is 2.23. The van der Waals surface area contributed by atoms with Gasteiger partial charge in [0.25, 0.3) is 0 Å². The van der Waals surface area contributed by atoms with E-state index in [9.17, 15) is 0 Å². The first-order chi connectivity index (χ1) is 7.29. The standard InChI is InChI=1S/C13H15NO/c1-10(13-9-15-13)2-3-11-4-6-12(8-14)7-5-11/h4-7,10,13H,2-3,9H2,1H3. The minimum absolute atomic E-state index is 0.503. The smallest absolute Gasteiger partial charge is 0.0991 e. The molecule has 1 aromatic carbocycles. The van der Waals surface area contributed by atoms with Gasteiger partial charge in [0.05, 0.1) is 24.3 Å². The predicted octanol–water partition coefficient (Wildman–Crippen LogP) is 2.53. The molecule has 2 rings (SSSR count). The number of rotatable bonds is 4. The number of ether oxygens (including phenoxy) is 1. The van der Waals surface area contributed by atoms with E-state index in [-0.39, 0.29) is 0 Å². The highest BCUT2D eigenvalue weighted by atomic mass is 16.6. The number of epoxide rings is 1. The molecule has 0 spiro atoms. The van der Waals surface area contributed by atoms with Gasteiger partial charge in [0.1, 0.15) is 0 Å².